The van der Waals surface area contributed by atoms with Crippen molar-refractivity contribution < 1.29 is 38.1 Å². The summed E-state index contributed by atoms with van der Waals surface area (Å²) in [5.74, 6) is -2.38. The fourth-order valence-electron chi connectivity index (χ4n) is 10.4. The van der Waals surface area contributed by atoms with Gasteiger partial charge in [-0.1, -0.05) is 142 Å². The van der Waals surface area contributed by atoms with Crippen molar-refractivity contribution in [2.75, 3.05) is 34.4 Å². The molecule has 10 heteroatoms. The number of methoxy groups -OCH3 is 1. The van der Waals surface area contributed by atoms with Crippen LogP contribution in [0.3, 0.4) is 0 Å². The number of carbonyl (C=O) groups is 4. The number of aldehydes is 1. The van der Waals surface area contributed by atoms with Gasteiger partial charge < -0.3 is 18.9 Å². The number of piperidine rings is 2. The third kappa shape index (κ3) is 21.0. The number of likely N-dealkylation sites (tertiary alicyclic amines) is 2. The van der Waals surface area contributed by atoms with Crippen LogP contribution in [0.1, 0.15) is 278 Å². The SMILES string of the molecule is CCCCCCCCCCCCCOC.CCCCCCCCCCCCCOC(=O)c1c(C(=O)OC2CC(C)(C)N(C)C(C)(C)C2)ccc(C=O)c1C(=O)OC1CC(C)(C)N(C)C(C)(C)C1. The van der Waals surface area contributed by atoms with Gasteiger partial charge in [0.15, 0.2) is 6.29 Å². The summed E-state index contributed by atoms with van der Waals surface area (Å²) in [4.78, 5) is 59.0. The first kappa shape index (κ1) is 60.3. The molecule has 2 aliphatic rings. The number of nitrogens with zero attached hydrogens (tertiary/aromatic N) is 2. The zero-order chi connectivity index (χ0) is 50.1. The maximum atomic E-state index is 14.1. The highest BCUT2D eigenvalue weighted by Gasteiger charge is 2.46. The Kier molecular flexibility index (Phi) is 27.6. The molecule has 67 heavy (non-hydrogen) atoms. The molecular formula is C57H100N2O8. The maximum absolute atomic E-state index is 14.1. The van der Waals surface area contributed by atoms with Crippen molar-refractivity contribution in [2.24, 2.45) is 0 Å². The van der Waals surface area contributed by atoms with Gasteiger partial charge in [0.05, 0.1) is 23.3 Å². The molecule has 0 aliphatic carbocycles. The molecule has 1 aromatic rings. The second kappa shape index (κ2) is 30.7. The molecule has 2 saturated heterocycles. The molecule has 386 valence electrons. The van der Waals surface area contributed by atoms with Gasteiger partial charge in [-0.25, -0.2) is 14.4 Å². The van der Waals surface area contributed by atoms with Crippen molar-refractivity contribution in [3.63, 3.8) is 0 Å². The maximum Gasteiger partial charge on any atom is 0.340 e. The van der Waals surface area contributed by atoms with Crippen LogP contribution in [-0.4, -0.2) is 103 Å². The zero-order valence-electron chi connectivity index (χ0n) is 45.3. The Labute approximate surface area is 410 Å². The molecule has 3 rings (SSSR count). The van der Waals surface area contributed by atoms with Gasteiger partial charge in [-0.15, -0.1) is 0 Å². The lowest BCUT2D eigenvalue weighted by molar-refractivity contribution is -0.0737. The Morgan fingerprint density at radius 2 is 0.851 bits per heavy atom. The van der Waals surface area contributed by atoms with Crippen molar-refractivity contribution >= 4 is 24.2 Å². The van der Waals surface area contributed by atoms with Gasteiger partial charge in [0.1, 0.15) is 12.2 Å². The standard InChI is InChI=1S/C43H70N2O7.C14H30O/c1-12-13-14-15-16-17-18-19-20-21-22-25-50-38(48)36-34(37(47)51-32-26-40(2,3)44(10)41(4,5)27-32)24-23-31(30-46)35(36)39(49)52-33-28-42(6,7)45(11)43(8,9)29-33;1-3-4-5-6-7-8-9-10-11-12-13-14-15-2/h23-24,30,32-33H,12-22,25-29H2,1-11H3;3-14H2,1-2H3. The summed E-state index contributed by atoms with van der Waals surface area (Å²) in [7, 11) is 5.93. The molecule has 0 N–H and O–H groups in total. The topological polar surface area (TPSA) is 112 Å². The number of benzene rings is 1. The van der Waals surface area contributed by atoms with E-state index < -0.39 is 30.1 Å². The van der Waals surface area contributed by atoms with E-state index in [9.17, 15) is 19.2 Å². The van der Waals surface area contributed by atoms with Crippen molar-refractivity contribution in [3.05, 3.63) is 34.4 Å². The van der Waals surface area contributed by atoms with E-state index in [-0.39, 0.29) is 51.0 Å². The van der Waals surface area contributed by atoms with Gasteiger partial charge >= 0.3 is 17.9 Å². The van der Waals surface area contributed by atoms with E-state index in [1.54, 1.807) is 7.11 Å². The summed E-state index contributed by atoms with van der Waals surface area (Å²) >= 11 is 0. The number of unbranched alkanes of at least 4 members (excludes halogenated alkanes) is 20. The smallest absolute Gasteiger partial charge is 0.340 e. The van der Waals surface area contributed by atoms with Crippen molar-refractivity contribution in [3.8, 4) is 0 Å². The molecule has 0 saturated carbocycles. The normalized spacial score (nSPS) is 18.2. The van der Waals surface area contributed by atoms with Crippen LogP contribution < -0.4 is 0 Å². The van der Waals surface area contributed by atoms with E-state index in [2.05, 4.69) is 93.1 Å². The number of esters is 3. The van der Waals surface area contributed by atoms with Crippen LogP contribution in [0.5, 0.6) is 0 Å². The molecule has 0 amide bonds. The molecular weight excluding hydrogens is 841 g/mol. The van der Waals surface area contributed by atoms with Crippen LogP contribution in [0.2, 0.25) is 0 Å². The number of rotatable bonds is 30. The first-order valence-electron chi connectivity index (χ1n) is 26.9. The van der Waals surface area contributed by atoms with Crippen LogP contribution in [0.15, 0.2) is 12.1 Å². The molecule has 1 aromatic carbocycles. The van der Waals surface area contributed by atoms with Crippen molar-refractivity contribution in [1.82, 2.24) is 9.80 Å². The molecule has 0 atom stereocenters. The van der Waals surface area contributed by atoms with Crippen LogP contribution in [0, 0.1) is 0 Å². The van der Waals surface area contributed by atoms with E-state index in [1.807, 2.05) is 0 Å². The highest BCUT2D eigenvalue weighted by atomic mass is 16.6. The Balaban J connectivity index is 0.000000877. The van der Waals surface area contributed by atoms with E-state index in [0.717, 1.165) is 25.9 Å². The second-order valence-electron chi connectivity index (χ2n) is 22.5. The minimum absolute atomic E-state index is 0.0313. The average Bonchev–Trinajstić information content (AvgIpc) is 3.26. The monoisotopic (exact) mass is 941 g/mol. The quantitative estimate of drug-likeness (QED) is 0.0320. The molecule has 0 radical (unpaired) electrons. The summed E-state index contributed by atoms with van der Waals surface area (Å²) in [6.07, 6.45) is 30.1. The molecule has 2 aliphatic heterocycles. The lowest BCUT2D eigenvalue weighted by Gasteiger charge is -2.53. The van der Waals surface area contributed by atoms with Crippen LogP contribution in [0.25, 0.3) is 0 Å². The van der Waals surface area contributed by atoms with Gasteiger partial charge in [0.25, 0.3) is 0 Å². The Morgan fingerprint density at radius 3 is 1.21 bits per heavy atom. The summed E-state index contributed by atoms with van der Waals surface area (Å²) in [6, 6.07) is 2.79. The Morgan fingerprint density at radius 1 is 0.507 bits per heavy atom. The number of carbonyl (C=O) groups excluding carboxylic acids is 4. The van der Waals surface area contributed by atoms with Crippen molar-refractivity contribution in [1.29, 1.82) is 0 Å². The summed E-state index contributed by atoms with van der Waals surface area (Å²) in [6.45, 7) is 22.5. The summed E-state index contributed by atoms with van der Waals surface area (Å²) in [5.41, 5.74) is -1.65. The lowest BCUT2D eigenvalue weighted by atomic mass is 9.78. The number of hydrogen-bond acceptors (Lipinski definition) is 10. The predicted molar refractivity (Wildman–Crippen MR) is 276 cm³/mol. The third-order valence-corrected chi connectivity index (χ3v) is 15.0. The van der Waals surface area contributed by atoms with E-state index in [0.29, 0.717) is 38.4 Å². The number of hydrogen-bond donors (Lipinski definition) is 0. The van der Waals surface area contributed by atoms with Gasteiger partial charge in [-0.05, 0) is 94.5 Å². The molecule has 0 unspecified atom stereocenters. The Hall–Kier alpha value is -2.82. The minimum atomic E-state index is -0.831. The molecule has 2 heterocycles. The van der Waals surface area contributed by atoms with E-state index in [4.69, 9.17) is 18.9 Å². The van der Waals surface area contributed by atoms with Crippen LogP contribution >= 0.6 is 0 Å². The summed E-state index contributed by atoms with van der Waals surface area (Å²) in [5, 5.41) is 0. The number of ether oxygens (including phenoxy) is 4. The predicted octanol–water partition coefficient (Wildman–Crippen LogP) is 14.5. The molecule has 0 bridgehead atoms. The van der Waals surface area contributed by atoms with Gasteiger partial charge in [0.2, 0.25) is 0 Å². The fraction of sp³-hybridized carbons (Fsp3) is 0.825. The molecule has 10 nitrogen and oxygen atoms in total. The van der Waals surface area contributed by atoms with Gasteiger partial charge in [-0.2, -0.15) is 0 Å². The van der Waals surface area contributed by atoms with Crippen LogP contribution in [-0.2, 0) is 18.9 Å². The second-order valence-corrected chi connectivity index (χ2v) is 22.5. The van der Waals surface area contributed by atoms with Gasteiger partial charge in [0, 0.05) is 67.1 Å². The van der Waals surface area contributed by atoms with Crippen LogP contribution in [0.4, 0.5) is 0 Å². The average molecular weight is 941 g/mol. The highest BCUT2D eigenvalue weighted by Crippen LogP contribution is 2.40. The summed E-state index contributed by atoms with van der Waals surface area (Å²) < 4.78 is 23.0. The molecule has 2 fully saturated rings. The highest BCUT2D eigenvalue weighted by molar-refractivity contribution is 6.13. The molecule has 0 spiro atoms. The molecule has 0 aromatic heterocycles. The van der Waals surface area contributed by atoms with E-state index in [1.165, 1.54) is 128 Å². The third-order valence-electron chi connectivity index (χ3n) is 15.0. The lowest BCUT2D eigenvalue weighted by Crippen LogP contribution is -2.60. The minimum Gasteiger partial charge on any atom is -0.462 e. The first-order chi connectivity index (χ1) is 31.7. The largest absolute Gasteiger partial charge is 0.462 e. The first-order valence-corrected chi connectivity index (χ1v) is 26.9. The van der Waals surface area contributed by atoms with Gasteiger partial charge in [-0.3, -0.25) is 14.6 Å². The van der Waals surface area contributed by atoms with Crippen molar-refractivity contribution in [2.45, 2.75) is 271 Å². The fourth-order valence-corrected chi connectivity index (χ4v) is 10.4. The van der Waals surface area contributed by atoms with E-state index >= 15 is 0 Å². The zero-order valence-corrected chi connectivity index (χ0v) is 45.3. The Bertz CT molecular complexity index is 1550.